The molecule has 1 aliphatic rings. The molecule has 2 heterocycles. The van der Waals surface area contributed by atoms with Crippen LogP contribution in [0, 0.1) is 0 Å². The van der Waals surface area contributed by atoms with Crippen molar-refractivity contribution < 1.29 is 32.4 Å². The van der Waals surface area contributed by atoms with Crippen LogP contribution in [0.15, 0.2) is 50.8 Å². The second-order valence-corrected chi connectivity index (χ2v) is 8.91. The first-order valence-corrected chi connectivity index (χ1v) is 12.0. The number of aliphatic imine (C=N–C) groups is 1. The van der Waals surface area contributed by atoms with Gasteiger partial charge in [0, 0.05) is 25.8 Å². The van der Waals surface area contributed by atoms with E-state index in [4.69, 9.17) is 9.26 Å². The highest BCUT2D eigenvalue weighted by atomic mass is 32.2. The van der Waals surface area contributed by atoms with E-state index >= 15 is 0 Å². The molecule has 1 aliphatic heterocycles. The molecule has 3 rings (SSSR count). The summed E-state index contributed by atoms with van der Waals surface area (Å²) >= 11 is 0. The third-order valence-corrected chi connectivity index (χ3v) is 6.09. The summed E-state index contributed by atoms with van der Waals surface area (Å²) in [5.74, 6) is -2.33. The Morgan fingerprint density at radius 1 is 1.29 bits per heavy atom. The number of ether oxygens (including phenoxy) is 1. The van der Waals surface area contributed by atoms with Gasteiger partial charge in [0.05, 0.1) is 17.6 Å². The Labute approximate surface area is 196 Å². The second-order valence-electron chi connectivity index (χ2n) is 7.20. The molecule has 184 valence electrons. The van der Waals surface area contributed by atoms with E-state index < -0.39 is 34.5 Å². The average Bonchev–Trinajstić information content (AvgIpc) is 3.31. The minimum atomic E-state index is -4.09. The van der Waals surface area contributed by atoms with Crippen molar-refractivity contribution in [2.45, 2.75) is 30.1 Å². The monoisotopic (exact) mass is 494 g/mol. The first kappa shape index (κ1) is 25.3. The highest BCUT2D eigenvalue weighted by Gasteiger charge is 2.26. The summed E-state index contributed by atoms with van der Waals surface area (Å²) < 4.78 is 37.1. The van der Waals surface area contributed by atoms with Crippen molar-refractivity contribution in [3.8, 4) is 5.88 Å². The van der Waals surface area contributed by atoms with Gasteiger partial charge in [-0.05, 0) is 30.1 Å². The van der Waals surface area contributed by atoms with E-state index in [1.807, 2.05) is 6.21 Å². The number of carbonyl (C=O) groups is 2. The summed E-state index contributed by atoms with van der Waals surface area (Å²) in [6, 6.07) is 6.97. The molecule has 0 saturated heterocycles. The highest BCUT2D eigenvalue weighted by Crippen LogP contribution is 2.12. The number of rotatable bonds is 13. The lowest BCUT2D eigenvalue weighted by Crippen LogP contribution is -2.48. The summed E-state index contributed by atoms with van der Waals surface area (Å²) in [4.78, 5) is 27.9. The molecule has 5 N–H and O–H groups in total. The molecule has 1 aromatic heterocycles. The lowest BCUT2D eigenvalue weighted by molar-refractivity contribution is -0.138. The number of amides is 1. The van der Waals surface area contributed by atoms with Crippen LogP contribution in [0.4, 0.5) is 0 Å². The fourth-order valence-electron chi connectivity index (χ4n) is 2.88. The molecule has 1 aromatic carbocycles. The van der Waals surface area contributed by atoms with Crippen molar-refractivity contribution in [2.75, 3.05) is 26.2 Å². The number of nitrogens with one attached hydrogen (secondary N) is 4. The number of carboxylic acid groups (broad SMARTS) is 1. The smallest absolute Gasteiger partial charge is 0.323 e. The minimum absolute atomic E-state index is 0.0949. The van der Waals surface area contributed by atoms with Crippen molar-refractivity contribution in [1.82, 2.24) is 25.8 Å². The number of carbonyl (C=O) groups excluding carboxylic acids is 1. The number of hydrogen-bond acceptors (Lipinski definition) is 10. The van der Waals surface area contributed by atoms with Gasteiger partial charge in [-0.2, -0.15) is 4.72 Å². The number of sulfonamides is 1. The van der Waals surface area contributed by atoms with Crippen molar-refractivity contribution in [3.05, 3.63) is 42.2 Å². The fourth-order valence-corrected chi connectivity index (χ4v) is 4.09. The molecule has 14 heteroatoms. The second kappa shape index (κ2) is 12.2. The Morgan fingerprint density at radius 3 is 2.79 bits per heavy atom. The molecule has 0 aliphatic carbocycles. The van der Waals surface area contributed by atoms with Gasteiger partial charge in [0.2, 0.25) is 15.8 Å². The van der Waals surface area contributed by atoms with Gasteiger partial charge in [-0.25, -0.2) is 8.42 Å². The summed E-state index contributed by atoms with van der Waals surface area (Å²) in [5.41, 5.74) is 0. The Hall–Kier alpha value is -3.33. The fraction of sp³-hybridized carbons (Fsp3) is 0.400. The number of aromatic nitrogens is 1. The first-order chi connectivity index (χ1) is 16.3. The van der Waals surface area contributed by atoms with Gasteiger partial charge < -0.3 is 19.7 Å². The molecule has 0 bridgehead atoms. The molecule has 2 aromatic rings. The Morgan fingerprint density at radius 2 is 2.09 bits per heavy atom. The lowest BCUT2D eigenvalue weighted by atomic mass is 10.3. The summed E-state index contributed by atoms with van der Waals surface area (Å²) in [7, 11) is -4.09. The van der Waals surface area contributed by atoms with E-state index in [2.05, 4.69) is 30.8 Å². The first-order valence-electron chi connectivity index (χ1n) is 10.5. The van der Waals surface area contributed by atoms with Crippen LogP contribution in [-0.4, -0.2) is 75.3 Å². The quantitative estimate of drug-likeness (QED) is 0.228. The lowest BCUT2D eigenvalue weighted by Gasteiger charge is -2.18. The van der Waals surface area contributed by atoms with Crippen LogP contribution in [0.5, 0.6) is 5.88 Å². The molecular formula is C20H26N6O7S. The summed E-state index contributed by atoms with van der Waals surface area (Å²) in [5, 5.41) is 21.7. The maximum atomic E-state index is 12.4. The predicted octanol–water partition coefficient (Wildman–Crippen LogP) is -0.458. The van der Waals surface area contributed by atoms with Crippen molar-refractivity contribution in [2.24, 2.45) is 4.99 Å². The van der Waals surface area contributed by atoms with Gasteiger partial charge >= 0.3 is 5.97 Å². The highest BCUT2D eigenvalue weighted by molar-refractivity contribution is 7.89. The van der Waals surface area contributed by atoms with Crippen LogP contribution in [0.25, 0.3) is 0 Å². The van der Waals surface area contributed by atoms with E-state index in [-0.39, 0.29) is 22.8 Å². The molecule has 2 unspecified atom stereocenters. The van der Waals surface area contributed by atoms with E-state index in [9.17, 15) is 23.1 Å². The van der Waals surface area contributed by atoms with Gasteiger partial charge in [-0.15, -0.1) is 0 Å². The van der Waals surface area contributed by atoms with Crippen LogP contribution in [0.1, 0.15) is 23.4 Å². The summed E-state index contributed by atoms with van der Waals surface area (Å²) in [6.07, 6.45) is 3.32. The molecule has 0 radical (unpaired) electrons. The molecule has 1 amide bonds. The third-order valence-electron chi connectivity index (χ3n) is 4.60. The SMILES string of the molecule is O=C(NCC(NS(=O)(=O)c1ccccc1)C(=O)O)c1cc(OCCCNC2N=CCCN2)no1. The zero-order chi connectivity index (χ0) is 24.4. The Balaban J connectivity index is 1.43. The summed E-state index contributed by atoms with van der Waals surface area (Å²) in [6.45, 7) is 1.32. The van der Waals surface area contributed by atoms with E-state index in [0.717, 1.165) is 13.0 Å². The average molecular weight is 495 g/mol. The molecule has 0 saturated carbocycles. The van der Waals surface area contributed by atoms with Crippen molar-refractivity contribution >= 4 is 28.1 Å². The van der Waals surface area contributed by atoms with E-state index in [1.165, 1.54) is 30.3 Å². The van der Waals surface area contributed by atoms with Crippen LogP contribution in [-0.2, 0) is 14.8 Å². The Kier molecular flexibility index (Phi) is 9.09. The van der Waals surface area contributed by atoms with Crippen molar-refractivity contribution in [1.29, 1.82) is 0 Å². The zero-order valence-corrected chi connectivity index (χ0v) is 19.0. The van der Waals surface area contributed by atoms with Crippen LogP contribution in [0.3, 0.4) is 0 Å². The van der Waals surface area contributed by atoms with Crippen LogP contribution >= 0.6 is 0 Å². The number of hydrogen-bond donors (Lipinski definition) is 5. The normalized spacial score (nSPS) is 16.6. The van der Waals surface area contributed by atoms with Crippen LogP contribution in [0.2, 0.25) is 0 Å². The molecule has 2 atom stereocenters. The molecule has 34 heavy (non-hydrogen) atoms. The van der Waals surface area contributed by atoms with Gasteiger partial charge in [-0.1, -0.05) is 18.2 Å². The third kappa shape index (κ3) is 7.62. The zero-order valence-electron chi connectivity index (χ0n) is 18.1. The van der Waals surface area contributed by atoms with Gasteiger partial charge in [0.1, 0.15) is 6.04 Å². The van der Waals surface area contributed by atoms with E-state index in [0.29, 0.717) is 19.6 Å². The molecule has 0 spiro atoms. The minimum Gasteiger partial charge on any atom is -0.480 e. The number of benzene rings is 1. The largest absolute Gasteiger partial charge is 0.480 e. The number of aliphatic carboxylic acids is 1. The van der Waals surface area contributed by atoms with Gasteiger partial charge in [0.25, 0.3) is 11.8 Å². The standard InChI is InChI=1S/C20H26N6O7S/c27-18(24-13-15(19(28)29)26-34(30,31)14-6-2-1-3-7-14)16-12-17(25-33-16)32-11-5-10-23-20-21-8-4-9-22-20/h1-3,6-8,12,15,20,22-23,26H,4-5,9-11,13H2,(H,24,27)(H,28,29). The predicted molar refractivity (Wildman–Crippen MR) is 120 cm³/mol. The van der Waals surface area contributed by atoms with E-state index in [1.54, 1.807) is 6.07 Å². The number of nitrogens with zero attached hydrogens (tertiary/aromatic N) is 2. The van der Waals surface area contributed by atoms with Gasteiger partial charge in [0.15, 0.2) is 6.29 Å². The topological polar surface area (TPSA) is 184 Å². The maximum Gasteiger partial charge on any atom is 0.323 e. The Bertz CT molecular complexity index is 1090. The maximum absolute atomic E-state index is 12.4. The molecular weight excluding hydrogens is 468 g/mol. The van der Waals surface area contributed by atoms with Crippen molar-refractivity contribution in [3.63, 3.8) is 0 Å². The van der Waals surface area contributed by atoms with Gasteiger partial charge in [-0.3, -0.25) is 25.2 Å². The van der Waals surface area contributed by atoms with Crippen LogP contribution < -0.4 is 25.4 Å². The molecule has 0 fully saturated rings. The molecule has 13 nitrogen and oxygen atoms in total. The number of carboxylic acids is 1.